The van der Waals surface area contributed by atoms with Gasteiger partial charge in [-0.15, -0.1) is 21.5 Å². The largest absolute Gasteiger partial charge is 0.348 e. The van der Waals surface area contributed by atoms with Crippen molar-refractivity contribution in [2.24, 2.45) is 5.92 Å². The standard InChI is InChI=1S/C25H38N6OS/c1-16(2)24-29-28-17(3)31(24)21-12-19-8-9-20(13-21)30(19)11-10-22(23-14-26-15-33-23)27-25(32)18-6-4-5-7-18/h14-16,18-22H,4-13H2,1-3H3,(H,27,32)/t19-,20-,22-/m0/s1. The van der Waals surface area contributed by atoms with Crippen molar-refractivity contribution in [2.45, 2.75) is 109 Å². The van der Waals surface area contributed by atoms with Crippen molar-refractivity contribution in [3.8, 4) is 0 Å². The van der Waals surface area contributed by atoms with Crippen molar-refractivity contribution in [1.82, 2.24) is 30.0 Å². The van der Waals surface area contributed by atoms with Gasteiger partial charge in [0.25, 0.3) is 0 Å². The molecular formula is C25H38N6OS. The smallest absolute Gasteiger partial charge is 0.223 e. The van der Waals surface area contributed by atoms with Gasteiger partial charge in [-0.1, -0.05) is 26.7 Å². The van der Waals surface area contributed by atoms with E-state index in [1.165, 1.54) is 43.4 Å². The fraction of sp³-hybridized carbons (Fsp3) is 0.760. The third kappa shape index (κ3) is 4.74. The van der Waals surface area contributed by atoms with Crippen LogP contribution in [0.2, 0.25) is 0 Å². The minimum absolute atomic E-state index is 0.0790. The van der Waals surface area contributed by atoms with Gasteiger partial charge in [-0.05, 0) is 51.9 Å². The lowest BCUT2D eigenvalue weighted by molar-refractivity contribution is -0.125. The van der Waals surface area contributed by atoms with E-state index >= 15 is 0 Å². The number of amides is 1. The van der Waals surface area contributed by atoms with E-state index in [1.807, 2.05) is 11.7 Å². The summed E-state index contributed by atoms with van der Waals surface area (Å²) < 4.78 is 2.43. The zero-order valence-electron chi connectivity index (χ0n) is 20.2. The van der Waals surface area contributed by atoms with Crippen molar-refractivity contribution in [1.29, 1.82) is 0 Å². The van der Waals surface area contributed by atoms with E-state index in [4.69, 9.17) is 0 Å². The summed E-state index contributed by atoms with van der Waals surface area (Å²) in [6.45, 7) is 7.56. The van der Waals surface area contributed by atoms with Crippen LogP contribution < -0.4 is 5.32 Å². The number of nitrogens with zero attached hydrogens (tertiary/aromatic N) is 5. The topological polar surface area (TPSA) is 75.9 Å². The molecule has 1 amide bonds. The van der Waals surface area contributed by atoms with Gasteiger partial charge in [0.1, 0.15) is 11.6 Å². The van der Waals surface area contributed by atoms with Gasteiger partial charge in [0.15, 0.2) is 0 Å². The Bertz CT molecular complexity index is 921. The van der Waals surface area contributed by atoms with E-state index in [-0.39, 0.29) is 17.9 Å². The highest BCUT2D eigenvalue weighted by Crippen LogP contribution is 2.42. The van der Waals surface area contributed by atoms with Gasteiger partial charge in [-0.25, -0.2) is 0 Å². The van der Waals surface area contributed by atoms with Gasteiger partial charge in [0.05, 0.1) is 11.6 Å². The molecule has 3 atom stereocenters. The van der Waals surface area contributed by atoms with E-state index in [0.717, 1.165) is 37.5 Å². The summed E-state index contributed by atoms with van der Waals surface area (Å²) in [5.74, 6) is 3.03. The lowest BCUT2D eigenvalue weighted by atomic mass is 9.95. The van der Waals surface area contributed by atoms with Crippen molar-refractivity contribution in [3.05, 3.63) is 28.2 Å². The van der Waals surface area contributed by atoms with Crippen LogP contribution in [0.3, 0.4) is 0 Å². The second-order valence-electron chi connectivity index (χ2n) is 10.6. The SMILES string of the molecule is Cc1nnc(C(C)C)n1C1C[C@@H]2CC[C@@H](C1)N2CC[C@H](NC(=O)C1CCCC1)c1cncs1. The van der Waals surface area contributed by atoms with Gasteiger partial charge in [-0.3, -0.25) is 14.7 Å². The number of rotatable bonds is 8. The Hall–Kier alpha value is -1.80. The second-order valence-corrected chi connectivity index (χ2v) is 11.5. The molecule has 1 saturated carbocycles. The van der Waals surface area contributed by atoms with E-state index in [1.54, 1.807) is 11.3 Å². The van der Waals surface area contributed by atoms with Crippen LogP contribution in [0.4, 0.5) is 0 Å². The van der Waals surface area contributed by atoms with Crippen molar-refractivity contribution < 1.29 is 4.79 Å². The number of hydrogen-bond acceptors (Lipinski definition) is 6. The zero-order chi connectivity index (χ0) is 22.9. The number of aryl methyl sites for hydroxylation is 1. The molecule has 2 bridgehead atoms. The predicted molar refractivity (Wildman–Crippen MR) is 130 cm³/mol. The van der Waals surface area contributed by atoms with Crippen molar-refractivity contribution in [2.75, 3.05) is 6.54 Å². The Labute approximate surface area is 201 Å². The van der Waals surface area contributed by atoms with E-state index < -0.39 is 0 Å². The number of piperidine rings is 1. The second kappa shape index (κ2) is 9.82. The molecule has 0 unspecified atom stereocenters. The number of fused-ring (bicyclic) bond motifs is 2. The average molecular weight is 471 g/mol. The molecule has 2 saturated heterocycles. The average Bonchev–Trinajstić information content (AvgIpc) is 3.59. The molecule has 7 nitrogen and oxygen atoms in total. The summed E-state index contributed by atoms with van der Waals surface area (Å²) in [5.41, 5.74) is 1.88. The van der Waals surface area contributed by atoms with Crippen LogP contribution in [0.1, 0.15) is 106 Å². The van der Waals surface area contributed by atoms with Crippen molar-refractivity contribution in [3.63, 3.8) is 0 Å². The molecule has 33 heavy (non-hydrogen) atoms. The maximum atomic E-state index is 12.9. The molecular weight excluding hydrogens is 432 g/mol. The van der Waals surface area contributed by atoms with Gasteiger partial charge in [0.2, 0.25) is 5.91 Å². The molecule has 5 rings (SSSR count). The monoisotopic (exact) mass is 470 g/mol. The van der Waals surface area contributed by atoms with Gasteiger partial charge >= 0.3 is 0 Å². The molecule has 1 N–H and O–H groups in total. The first kappa shape index (κ1) is 23.0. The number of hydrogen-bond donors (Lipinski definition) is 1. The molecule has 4 heterocycles. The lowest BCUT2D eigenvalue weighted by Crippen LogP contribution is -2.45. The molecule has 8 heteroatoms. The third-order valence-corrected chi connectivity index (χ3v) is 9.04. The molecule has 0 radical (unpaired) electrons. The number of aromatic nitrogens is 4. The first-order chi connectivity index (χ1) is 16.0. The Kier molecular flexibility index (Phi) is 6.84. The minimum Gasteiger partial charge on any atom is -0.348 e. The summed E-state index contributed by atoms with van der Waals surface area (Å²) in [6, 6.07) is 1.81. The molecule has 180 valence electrons. The zero-order valence-corrected chi connectivity index (χ0v) is 21.1. The van der Waals surface area contributed by atoms with Crippen LogP contribution in [-0.4, -0.2) is 49.2 Å². The predicted octanol–water partition coefficient (Wildman–Crippen LogP) is 4.77. The highest BCUT2D eigenvalue weighted by molar-refractivity contribution is 7.09. The number of thiazole rings is 1. The number of carbonyl (C=O) groups excluding carboxylic acids is 1. The van der Waals surface area contributed by atoms with E-state index in [2.05, 4.69) is 50.7 Å². The highest BCUT2D eigenvalue weighted by atomic mass is 32.1. The Morgan fingerprint density at radius 1 is 1.12 bits per heavy atom. The molecule has 0 aromatic carbocycles. The van der Waals surface area contributed by atoms with Crippen LogP contribution >= 0.6 is 11.3 Å². The highest BCUT2D eigenvalue weighted by Gasteiger charge is 2.42. The first-order valence-electron chi connectivity index (χ1n) is 12.9. The molecule has 2 aliphatic heterocycles. The van der Waals surface area contributed by atoms with Gasteiger partial charge in [0, 0.05) is 47.6 Å². The molecule has 1 aliphatic carbocycles. The Balaban J connectivity index is 1.24. The van der Waals surface area contributed by atoms with Crippen molar-refractivity contribution >= 4 is 17.2 Å². The van der Waals surface area contributed by atoms with Crippen LogP contribution in [0.5, 0.6) is 0 Å². The minimum atomic E-state index is 0.0790. The van der Waals surface area contributed by atoms with Crippen LogP contribution in [0.25, 0.3) is 0 Å². The number of nitrogens with one attached hydrogen (secondary N) is 1. The first-order valence-corrected chi connectivity index (χ1v) is 13.7. The van der Waals surface area contributed by atoms with Gasteiger partial charge < -0.3 is 9.88 Å². The maximum absolute atomic E-state index is 12.9. The number of carbonyl (C=O) groups is 1. The summed E-state index contributed by atoms with van der Waals surface area (Å²) >= 11 is 1.66. The molecule has 2 aromatic heterocycles. The third-order valence-electron chi connectivity index (χ3n) is 8.15. The fourth-order valence-corrected chi connectivity index (χ4v) is 7.20. The summed E-state index contributed by atoms with van der Waals surface area (Å²) in [7, 11) is 0. The van der Waals surface area contributed by atoms with E-state index in [9.17, 15) is 4.79 Å². The molecule has 3 aliphatic rings. The Morgan fingerprint density at radius 3 is 2.48 bits per heavy atom. The normalized spacial score (nSPS) is 26.8. The Morgan fingerprint density at radius 2 is 1.85 bits per heavy atom. The molecule has 2 aromatic rings. The summed E-state index contributed by atoms with van der Waals surface area (Å²) in [5, 5.41) is 12.3. The summed E-state index contributed by atoms with van der Waals surface area (Å²) in [4.78, 5) is 21.1. The quantitative estimate of drug-likeness (QED) is 0.601. The molecule has 3 fully saturated rings. The lowest BCUT2D eigenvalue weighted by Gasteiger charge is -2.40. The van der Waals surface area contributed by atoms with Crippen LogP contribution in [-0.2, 0) is 4.79 Å². The fourth-order valence-electron chi connectivity index (χ4n) is 6.49. The maximum Gasteiger partial charge on any atom is 0.223 e. The molecule has 0 spiro atoms. The summed E-state index contributed by atoms with van der Waals surface area (Å²) in [6.07, 6.45) is 12.3. The van der Waals surface area contributed by atoms with Crippen LogP contribution in [0.15, 0.2) is 11.7 Å². The van der Waals surface area contributed by atoms with E-state index in [0.29, 0.717) is 24.0 Å². The van der Waals surface area contributed by atoms with Gasteiger partial charge in [-0.2, -0.15) is 0 Å². The van der Waals surface area contributed by atoms with Crippen LogP contribution in [0, 0.1) is 12.8 Å².